The fourth-order valence-electron chi connectivity index (χ4n) is 2.48. The number of aromatic nitrogens is 1. The van der Waals surface area contributed by atoms with Crippen molar-refractivity contribution in [2.75, 3.05) is 0 Å². The Hall–Kier alpha value is -2.11. The van der Waals surface area contributed by atoms with Crippen molar-refractivity contribution < 1.29 is 13.5 Å². The van der Waals surface area contributed by atoms with Crippen LogP contribution in [0.1, 0.15) is 11.3 Å². The molecule has 1 N–H and O–H groups in total. The molecule has 0 aliphatic carbocycles. The monoisotopic (exact) mass is 301 g/mol. The summed E-state index contributed by atoms with van der Waals surface area (Å²) in [6, 6.07) is 15.5. The van der Waals surface area contributed by atoms with Gasteiger partial charge in [-0.25, -0.2) is 12.4 Å². The summed E-state index contributed by atoms with van der Waals surface area (Å²) in [5, 5.41) is 10.1. The number of aryl methyl sites for hydroxylation is 1. The number of benzene rings is 2. The third kappa shape index (κ3) is 2.24. The van der Waals surface area contributed by atoms with Crippen molar-refractivity contribution in [1.29, 1.82) is 0 Å². The summed E-state index contributed by atoms with van der Waals surface area (Å²) in [5.74, 6) is 0. The molecule has 4 nitrogen and oxygen atoms in total. The molecule has 1 aromatic heterocycles. The summed E-state index contributed by atoms with van der Waals surface area (Å²) in [6.45, 7) is 1.64. The van der Waals surface area contributed by atoms with Crippen LogP contribution < -0.4 is 0 Å². The van der Waals surface area contributed by atoms with Gasteiger partial charge in [-0.3, -0.25) is 0 Å². The molecule has 3 rings (SSSR count). The van der Waals surface area contributed by atoms with E-state index in [4.69, 9.17) is 0 Å². The molecule has 5 heteroatoms. The molecule has 0 saturated heterocycles. The summed E-state index contributed by atoms with van der Waals surface area (Å²) in [4.78, 5) is 0.250. The van der Waals surface area contributed by atoms with Gasteiger partial charge in [0, 0.05) is 11.1 Å². The minimum Gasteiger partial charge on any atom is -0.392 e. The average Bonchev–Trinajstić information content (AvgIpc) is 2.83. The van der Waals surface area contributed by atoms with E-state index >= 15 is 0 Å². The molecular weight excluding hydrogens is 286 g/mol. The lowest BCUT2D eigenvalue weighted by Crippen LogP contribution is -2.14. The van der Waals surface area contributed by atoms with Gasteiger partial charge in [0.15, 0.2) is 0 Å². The SMILES string of the molecule is Cc1cc2ccc(CO)cc2n1S(=O)(=O)c1ccccc1. The van der Waals surface area contributed by atoms with E-state index in [-0.39, 0.29) is 11.5 Å². The zero-order valence-electron chi connectivity index (χ0n) is 11.5. The maximum absolute atomic E-state index is 12.8. The van der Waals surface area contributed by atoms with Crippen LogP contribution in [0.3, 0.4) is 0 Å². The standard InChI is InChI=1S/C16H15NO3S/c1-12-9-14-8-7-13(11-18)10-16(14)17(12)21(19,20)15-5-3-2-4-6-15/h2-10,18H,11H2,1H3. The first-order chi connectivity index (χ1) is 10.0. The molecule has 0 fully saturated rings. The fraction of sp³-hybridized carbons (Fsp3) is 0.125. The predicted molar refractivity (Wildman–Crippen MR) is 81.6 cm³/mol. The van der Waals surface area contributed by atoms with Crippen LogP contribution in [0.5, 0.6) is 0 Å². The maximum Gasteiger partial charge on any atom is 0.268 e. The van der Waals surface area contributed by atoms with Crippen LogP contribution in [0.25, 0.3) is 10.9 Å². The van der Waals surface area contributed by atoms with Crippen molar-refractivity contribution in [3.63, 3.8) is 0 Å². The van der Waals surface area contributed by atoms with E-state index in [9.17, 15) is 13.5 Å². The molecular formula is C16H15NO3S. The molecule has 0 atom stereocenters. The number of nitrogens with zero attached hydrogens (tertiary/aromatic N) is 1. The third-order valence-corrected chi connectivity index (χ3v) is 5.30. The predicted octanol–water partition coefficient (Wildman–Crippen LogP) is 2.68. The lowest BCUT2D eigenvalue weighted by molar-refractivity contribution is 0.282. The van der Waals surface area contributed by atoms with Crippen molar-refractivity contribution >= 4 is 20.9 Å². The highest BCUT2D eigenvalue weighted by molar-refractivity contribution is 7.90. The number of aliphatic hydroxyl groups is 1. The number of rotatable bonds is 3. The second-order valence-electron chi connectivity index (χ2n) is 4.92. The molecule has 2 aromatic carbocycles. The Morgan fingerprint density at radius 3 is 2.43 bits per heavy atom. The topological polar surface area (TPSA) is 59.3 Å². The smallest absolute Gasteiger partial charge is 0.268 e. The van der Waals surface area contributed by atoms with Crippen molar-refractivity contribution in [1.82, 2.24) is 3.97 Å². The summed E-state index contributed by atoms with van der Waals surface area (Å²) in [7, 11) is -3.64. The van der Waals surface area contributed by atoms with E-state index in [1.165, 1.54) is 3.97 Å². The number of hydrogen-bond acceptors (Lipinski definition) is 3. The zero-order chi connectivity index (χ0) is 15.0. The van der Waals surface area contributed by atoms with Crippen LogP contribution in [0, 0.1) is 6.92 Å². The quantitative estimate of drug-likeness (QED) is 0.809. The second-order valence-corrected chi connectivity index (χ2v) is 6.71. The van der Waals surface area contributed by atoms with E-state index in [0.29, 0.717) is 16.8 Å². The Labute approximate surface area is 123 Å². The number of aliphatic hydroxyl groups excluding tert-OH is 1. The Bertz CT molecular complexity index is 896. The van der Waals surface area contributed by atoms with Crippen LogP contribution in [0.4, 0.5) is 0 Å². The molecule has 0 aliphatic rings. The highest BCUT2D eigenvalue weighted by Crippen LogP contribution is 2.26. The Morgan fingerprint density at radius 1 is 1.05 bits per heavy atom. The first-order valence-electron chi connectivity index (χ1n) is 6.56. The summed E-state index contributed by atoms with van der Waals surface area (Å²) >= 11 is 0. The highest BCUT2D eigenvalue weighted by Gasteiger charge is 2.21. The minimum atomic E-state index is -3.64. The normalized spacial score (nSPS) is 11.9. The van der Waals surface area contributed by atoms with E-state index in [1.54, 1.807) is 49.4 Å². The third-order valence-electron chi connectivity index (χ3n) is 3.46. The van der Waals surface area contributed by atoms with Crippen molar-refractivity contribution in [2.24, 2.45) is 0 Å². The van der Waals surface area contributed by atoms with Crippen LogP contribution in [-0.2, 0) is 16.6 Å². The highest BCUT2D eigenvalue weighted by atomic mass is 32.2. The number of fused-ring (bicyclic) bond motifs is 1. The minimum absolute atomic E-state index is 0.119. The van der Waals surface area contributed by atoms with Gasteiger partial charge >= 0.3 is 0 Å². The van der Waals surface area contributed by atoms with Gasteiger partial charge in [0.2, 0.25) is 0 Å². The first-order valence-corrected chi connectivity index (χ1v) is 8.00. The lowest BCUT2D eigenvalue weighted by atomic mass is 10.2. The van der Waals surface area contributed by atoms with Gasteiger partial charge in [-0.15, -0.1) is 0 Å². The van der Waals surface area contributed by atoms with Crippen LogP contribution in [-0.4, -0.2) is 17.5 Å². The molecule has 3 aromatic rings. The van der Waals surface area contributed by atoms with Crippen LogP contribution in [0.2, 0.25) is 0 Å². The van der Waals surface area contributed by atoms with Gasteiger partial charge in [-0.1, -0.05) is 30.3 Å². The maximum atomic E-state index is 12.8. The number of hydrogen-bond donors (Lipinski definition) is 1. The molecule has 0 spiro atoms. The summed E-state index contributed by atoms with van der Waals surface area (Å²) < 4.78 is 27.0. The molecule has 0 amide bonds. The van der Waals surface area contributed by atoms with Gasteiger partial charge < -0.3 is 5.11 Å². The van der Waals surface area contributed by atoms with E-state index in [2.05, 4.69) is 0 Å². The first kappa shape index (κ1) is 13.9. The molecule has 0 saturated carbocycles. The van der Waals surface area contributed by atoms with Gasteiger partial charge in [0.25, 0.3) is 10.0 Å². The van der Waals surface area contributed by atoms with Crippen molar-refractivity contribution in [3.05, 3.63) is 65.9 Å². The van der Waals surface area contributed by atoms with Gasteiger partial charge in [-0.05, 0) is 36.8 Å². The van der Waals surface area contributed by atoms with Crippen molar-refractivity contribution in [2.45, 2.75) is 18.4 Å². The molecule has 1 heterocycles. The van der Waals surface area contributed by atoms with Gasteiger partial charge in [-0.2, -0.15) is 0 Å². The molecule has 21 heavy (non-hydrogen) atoms. The molecule has 108 valence electrons. The Balaban J connectivity index is 2.32. The molecule has 0 radical (unpaired) electrons. The largest absolute Gasteiger partial charge is 0.392 e. The average molecular weight is 301 g/mol. The second kappa shape index (κ2) is 5.02. The van der Waals surface area contributed by atoms with Crippen LogP contribution in [0.15, 0.2) is 59.5 Å². The summed E-state index contributed by atoms with van der Waals surface area (Å²) in [6.07, 6.45) is 0. The summed E-state index contributed by atoms with van der Waals surface area (Å²) in [5.41, 5.74) is 1.91. The Morgan fingerprint density at radius 2 is 1.76 bits per heavy atom. The molecule has 0 unspecified atom stereocenters. The zero-order valence-corrected chi connectivity index (χ0v) is 12.3. The lowest BCUT2D eigenvalue weighted by Gasteiger charge is -2.10. The fourth-order valence-corrected chi connectivity index (χ4v) is 4.04. The van der Waals surface area contributed by atoms with Gasteiger partial charge in [0.05, 0.1) is 17.0 Å². The van der Waals surface area contributed by atoms with E-state index < -0.39 is 10.0 Å². The van der Waals surface area contributed by atoms with Crippen molar-refractivity contribution in [3.8, 4) is 0 Å². The van der Waals surface area contributed by atoms with E-state index in [0.717, 1.165) is 5.39 Å². The van der Waals surface area contributed by atoms with Gasteiger partial charge in [0.1, 0.15) is 0 Å². The van der Waals surface area contributed by atoms with Crippen LogP contribution >= 0.6 is 0 Å². The molecule has 0 bridgehead atoms. The Kier molecular flexibility index (Phi) is 3.31. The van der Waals surface area contributed by atoms with E-state index in [1.807, 2.05) is 12.1 Å². The molecule has 0 aliphatic heterocycles.